The SMILES string of the molecule is CCC(=O)NCCCOCCCNC(=O)CCC(=O)Nc1cccc(C(C)=[N+]=[N-])c1. The van der Waals surface area contributed by atoms with Crippen LogP contribution in [0.2, 0.25) is 0 Å². The van der Waals surface area contributed by atoms with Crippen LogP contribution in [0.25, 0.3) is 5.53 Å². The number of carbonyl (C=O) groups is 3. The highest BCUT2D eigenvalue weighted by Crippen LogP contribution is 2.11. The monoisotopic (exact) mass is 417 g/mol. The zero-order chi connectivity index (χ0) is 22.2. The Morgan fingerprint density at radius 1 is 1.00 bits per heavy atom. The molecule has 0 saturated heterocycles. The first-order valence-electron chi connectivity index (χ1n) is 10.2. The molecule has 30 heavy (non-hydrogen) atoms. The lowest BCUT2D eigenvalue weighted by molar-refractivity contribution is -0.124. The van der Waals surface area contributed by atoms with Crippen LogP contribution in [0.4, 0.5) is 5.69 Å². The standard InChI is InChI=1S/C21H31N5O4/c1-3-19(27)23-11-5-13-30-14-6-12-24-20(28)9-10-21(29)25-18-8-4-7-17(15-18)16(2)26-22/h4,7-8,15H,3,5-6,9-14H2,1-2H3,(H,23,27)(H,24,28)(H,25,29). The molecule has 0 bridgehead atoms. The van der Waals surface area contributed by atoms with Crippen LogP contribution in [-0.4, -0.2) is 54.5 Å². The van der Waals surface area contributed by atoms with E-state index in [0.717, 1.165) is 6.42 Å². The fourth-order valence-corrected chi connectivity index (χ4v) is 2.45. The van der Waals surface area contributed by atoms with Gasteiger partial charge < -0.3 is 26.2 Å². The van der Waals surface area contributed by atoms with Gasteiger partial charge in [-0.1, -0.05) is 13.0 Å². The van der Waals surface area contributed by atoms with Gasteiger partial charge in [-0.2, -0.15) is 4.79 Å². The Bertz CT molecular complexity index is 760. The topological polar surface area (TPSA) is 133 Å². The Balaban J connectivity index is 2.11. The van der Waals surface area contributed by atoms with Crippen molar-refractivity contribution in [3.05, 3.63) is 35.4 Å². The third-order valence-electron chi connectivity index (χ3n) is 4.19. The molecule has 1 aromatic carbocycles. The first kappa shape index (κ1) is 25.0. The highest BCUT2D eigenvalue weighted by molar-refractivity contribution is 5.97. The second kappa shape index (κ2) is 14.9. The van der Waals surface area contributed by atoms with Crippen LogP contribution in [0.5, 0.6) is 0 Å². The van der Waals surface area contributed by atoms with E-state index in [1.54, 1.807) is 31.2 Å². The lowest BCUT2D eigenvalue weighted by atomic mass is 10.1. The summed E-state index contributed by atoms with van der Waals surface area (Å²) in [6.45, 7) is 5.63. The van der Waals surface area contributed by atoms with Crippen molar-refractivity contribution in [3.63, 3.8) is 0 Å². The molecule has 0 heterocycles. The molecule has 0 aliphatic heterocycles. The summed E-state index contributed by atoms with van der Waals surface area (Å²) in [5.74, 6) is -0.421. The molecule has 3 N–H and O–H groups in total. The normalized spacial score (nSPS) is 10.1. The van der Waals surface area contributed by atoms with E-state index in [2.05, 4.69) is 20.7 Å². The molecule has 0 atom stereocenters. The van der Waals surface area contributed by atoms with Crippen molar-refractivity contribution < 1.29 is 23.9 Å². The van der Waals surface area contributed by atoms with E-state index in [9.17, 15) is 14.4 Å². The number of amides is 3. The largest absolute Gasteiger partial charge is 0.381 e. The van der Waals surface area contributed by atoms with Crippen LogP contribution >= 0.6 is 0 Å². The van der Waals surface area contributed by atoms with Gasteiger partial charge in [0.25, 0.3) is 5.71 Å². The molecule has 3 amide bonds. The zero-order valence-electron chi connectivity index (χ0n) is 17.7. The predicted molar refractivity (Wildman–Crippen MR) is 114 cm³/mol. The molecule has 9 heteroatoms. The van der Waals surface area contributed by atoms with Gasteiger partial charge in [-0.15, -0.1) is 0 Å². The first-order chi connectivity index (χ1) is 14.5. The highest BCUT2D eigenvalue weighted by atomic mass is 16.5. The van der Waals surface area contributed by atoms with Crippen molar-refractivity contribution in [1.29, 1.82) is 0 Å². The minimum Gasteiger partial charge on any atom is -0.381 e. The molecule has 164 valence electrons. The Kier molecular flexibility index (Phi) is 12.4. The van der Waals surface area contributed by atoms with Gasteiger partial charge in [-0.25, -0.2) is 0 Å². The van der Waals surface area contributed by atoms with E-state index in [4.69, 9.17) is 10.3 Å². The van der Waals surface area contributed by atoms with E-state index < -0.39 is 0 Å². The summed E-state index contributed by atoms with van der Waals surface area (Å²) in [7, 11) is 0. The number of hydrogen-bond acceptors (Lipinski definition) is 4. The van der Waals surface area contributed by atoms with E-state index in [1.165, 1.54) is 0 Å². The molecule has 0 fully saturated rings. The van der Waals surface area contributed by atoms with E-state index in [-0.39, 0.29) is 30.6 Å². The lowest BCUT2D eigenvalue weighted by Crippen LogP contribution is -2.26. The Labute approximate surface area is 177 Å². The van der Waals surface area contributed by atoms with E-state index in [1.807, 2.05) is 6.92 Å². The molecule has 0 spiro atoms. The summed E-state index contributed by atoms with van der Waals surface area (Å²) < 4.78 is 5.44. The van der Waals surface area contributed by atoms with Gasteiger partial charge in [0.2, 0.25) is 17.7 Å². The molecule has 9 nitrogen and oxygen atoms in total. The maximum Gasteiger partial charge on any atom is 0.296 e. The molecule has 0 radical (unpaired) electrons. The number of ether oxygens (including phenoxy) is 1. The Morgan fingerprint density at radius 3 is 2.27 bits per heavy atom. The van der Waals surface area contributed by atoms with Gasteiger partial charge in [-0.05, 0) is 31.0 Å². The average molecular weight is 418 g/mol. The van der Waals surface area contributed by atoms with Crippen molar-refractivity contribution >= 4 is 29.1 Å². The van der Waals surface area contributed by atoms with Gasteiger partial charge in [0, 0.05) is 58.2 Å². The number of rotatable bonds is 14. The van der Waals surface area contributed by atoms with Gasteiger partial charge in [0.05, 0.1) is 5.56 Å². The minimum absolute atomic E-state index is 0.0335. The maximum atomic E-state index is 12.0. The predicted octanol–water partition coefficient (Wildman–Crippen LogP) is 1.88. The van der Waals surface area contributed by atoms with Crippen LogP contribution in [0.15, 0.2) is 24.3 Å². The molecular formula is C21H31N5O4. The smallest absolute Gasteiger partial charge is 0.296 e. The molecule has 0 aliphatic rings. The number of nitrogens with zero attached hydrogens (tertiary/aromatic N) is 2. The van der Waals surface area contributed by atoms with Crippen LogP contribution in [0.1, 0.15) is 51.5 Å². The minimum atomic E-state index is -0.264. The number of benzene rings is 1. The number of carbonyl (C=O) groups excluding carboxylic acids is 3. The summed E-state index contributed by atoms with van der Waals surface area (Å²) in [6.07, 6.45) is 2.08. The Morgan fingerprint density at radius 2 is 1.63 bits per heavy atom. The second-order valence-electron chi connectivity index (χ2n) is 6.69. The van der Waals surface area contributed by atoms with Crippen LogP contribution in [0, 0.1) is 0 Å². The van der Waals surface area contributed by atoms with Crippen molar-refractivity contribution in [2.24, 2.45) is 0 Å². The summed E-state index contributed by atoms with van der Waals surface area (Å²) in [6, 6.07) is 6.94. The summed E-state index contributed by atoms with van der Waals surface area (Å²) in [4.78, 5) is 38.0. The summed E-state index contributed by atoms with van der Waals surface area (Å²) >= 11 is 0. The first-order valence-corrected chi connectivity index (χ1v) is 10.2. The molecule has 0 aromatic heterocycles. The summed E-state index contributed by atoms with van der Waals surface area (Å²) in [5.41, 5.74) is 10.5. The third kappa shape index (κ3) is 11.1. The second-order valence-corrected chi connectivity index (χ2v) is 6.69. The van der Waals surface area contributed by atoms with Crippen LogP contribution in [-0.2, 0) is 19.1 Å². The molecule has 0 aliphatic carbocycles. The van der Waals surface area contributed by atoms with E-state index >= 15 is 0 Å². The quantitative estimate of drug-likeness (QED) is 0.184. The van der Waals surface area contributed by atoms with Gasteiger partial charge in [-0.3, -0.25) is 14.4 Å². The van der Waals surface area contributed by atoms with Crippen LogP contribution < -0.4 is 16.0 Å². The molecule has 0 saturated carbocycles. The van der Waals surface area contributed by atoms with Crippen molar-refractivity contribution in [2.75, 3.05) is 31.6 Å². The van der Waals surface area contributed by atoms with Gasteiger partial charge in [0.1, 0.15) is 0 Å². The third-order valence-corrected chi connectivity index (χ3v) is 4.19. The van der Waals surface area contributed by atoms with Gasteiger partial charge in [0.15, 0.2) is 0 Å². The van der Waals surface area contributed by atoms with Crippen molar-refractivity contribution in [2.45, 2.75) is 46.0 Å². The zero-order valence-corrected chi connectivity index (χ0v) is 17.7. The van der Waals surface area contributed by atoms with Crippen molar-refractivity contribution in [3.8, 4) is 0 Å². The number of anilines is 1. The number of hydrogen-bond donors (Lipinski definition) is 3. The number of nitrogens with one attached hydrogen (secondary N) is 3. The molecule has 1 aromatic rings. The summed E-state index contributed by atoms with van der Waals surface area (Å²) in [5, 5.41) is 8.26. The Hall–Kier alpha value is -3.03. The highest BCUT2D eigenvalue weighted by Gasteiger charge is 2.09. The van der Waals surface area contributed by atoms with E-state index in [0.29, 0.717) is 56.1 Å². The van der Waals surface area contributed by atoms with Gasteiger partial charge >= 0.3 is 0 Å². The molecule has 1 rings (SSSR count). The maximum absolute atomic E-state index is 12.0. The lowest BCUT2D eigenvalue weighted by Gasteiger charge is -2.08. The fourth-order valence-electron chi connectivity index (χ4n) is 2.45. The average Bonchev–Trinajstić information content (AvgIpc) is 2.75. The molecular weight excluding hydrogens is 386 g/mol. The molecule has 0 unspecified atom stereocenters. The van der Waals surface area contributed by atoms with Crippen LogP contribution in [0.3, 0.4) is 0 Å². The fraction of sp³-hybridized carbons (Fsp3) is 0.524. The van der Waals surface area contributed by atoms with Crippen molar-refractivity contribution in [1.82, 2.24) is 10.6 Å².